The van der Waals surface area contributed by atoms with Crippen molar-refractivity contribution < 1.29 is 0 Å². The first-order valence-electron chi connectivity index (χ1n) is 5.09. The first kappa shape index (κ1) is 13.2. The molecule has 1 aromatic carbocycles. The zero-order valence-corrected chi connectivity index (χ0v) is 11.4. The number of halogens is 3. The van der Waals surface area contributed by atoms with Crippen molar-refractivity contribution in [1.82, 2.24) is 4.98 Å². The van der Waals surface area contributed by atoms with E-state index < -0.39 is 0 Å². The largest absolute Gasteiger partial charge is 0.244 e. The minimum absolute atomic E-state index is 0.221. The van der Waals surface area contributed by atoms with Gasteiger partial charge in [-0.25, -0.2) is 4.98 Å². The number of benzene rings is 1. The topological polar surface area (TPSA) is 36.7 Å². The van der Waals surface area contributed by atoms with Gasteiger partial charge in [0, 0.05) is 27.4 Å². The molecule has 0 unspecified atom stereocenters. The Morgan fingerprint density at radius 3 is 2.44 bits per heavy atom. The lowest BCUT2D eigenvalue weighted by Crippen LogP contribution is -1.92. The fourth-order valence-electron chi connectivity index (χ4n) is 1.68. The molecule has 0 aliphatic rings. The zero-order chi connectivity index (χ0) is 13.1. The summed E-state index contributed by atoms with van der Waals surface area (Å²) in [6, 6.07) is 8.99. The third kappa shape index (κ3) is 2.59. The maximum atomic E-state index is 8.84. The highest BCUT2D eigenvalue weighted by Gasteiger charge is 2.13. The molecule has 0 saturated carbocycles. The molecule has 2 nitrogen and oxygen atoms in total. The quantitative estimate of drug-likeness (QED) is 0.748. The van der Waals surface area contributed by atoms with Crippen LogP contribution in [-0.4, -0.2) is 4.98 Å². The van der Waals surface area contributed by atoms with Crippen LogP contribution in [0.3, 0.4) is 0 Å². The lowest BCUT2D eigenvalue weighted by Gasteiger charge is -2.10. The third-order valence-corrected chi connectivity index (χ3v) is 3.29. The van der Waals surface area contributed by atoms with Crippen molar-refractivity contribution in [2.45, 2.75) is 6.42 Å². The Kier molecular flexibility index (Phi) is 4.08. The van der Waals surface area contributed by atoms with Crippen LogP contribution < -0.4 is 0 Å². The first-order valence-corrected chi connectivity index (χ1v) is 6.22. The van der Waals surface area contributed by atoms with Gasteiger partial charge in [0.25, 0.3) is 0 Å². The van der Waals surface area contributed by atoms with Crippen molar-refractivity contribution in [3.8, 4) is 17.2 Å². The number of nitrogens with zero attached hydrogens (tertiary/aromatic N) is 2. The molecule has 0 amide bonds. The Balaban J connectivity index is 2.68. The fraction of sp³-hybridized carbons (Fsp3) is 0.0769. The van der Waals surface area contributed by atoms with E-state index >= 15 is 0 Å². The Hall–Kier alpha value is -1.27. The number of nitriles is 1. The molecule has 0 bridgehead atoms. The van der Waals surface area contributed by atoms with Crippen LogP contribution in [0.5, 0.6) is 0 Å². The summed E-state index contributed by atoms with van der Waals surface area (Å²) in [5.74, 6) is 0. The summed E-state index contributed by atoms with van der Waals surface area (Å²) in [6.45, 7) is 0. The van der Waals surface area contributed by atoms with E-state index in [1.165, 1.54) is 0 Å². The Labute approximate surface area is 120 Å². The van der Waals surface area contributed by atoms with Gasteiger partial charge in [0.1, 0.15) is 5.15 Å². The second-order valence-electron chi connectivity index (χ2n) is 3.60. The van der Waals surface area contributed by atoms with Crippen LogP contribution in [0.25, 0.3) is 11.1 Å². The highest BCUT2D eigenvalue weighted by molar-refractivity contribution is 6.39. The van der Waals surface area contributed by atoms with Gasteiger partial charge in [0.05, 0.1) is 12.5 Å². The molecule has 2 aromatic rings. The van der Waals surface area contributed by atoms with Crippen molar-refractivity contribution in [1.29, 1.82) is 5.26 Å². The van der Waals surface area contributed by atoms with Crippen LogP contribution in [0.4, 0.5) is 0 Å². The summed E-state index contributed by atoms with van der Waals surface area (Å²) in [7, 11) is 0. The van der Waals surface area contributed by atoms with Gasteiger partial charge in [-0.1, -0.05) is 40.9 Å². The van der Waals surface area contributed by atoms with E-state index in [-0.39, 0.29) is 6.42 Å². The van der Waals surface area contributed by atoms with Crippen LogP contribution in [0.1, 0.15) is 5.56 Å². The van der Waals surface area contributed by atoms with E-state index in [0.29, 0.717) is 20.8 Å². The maximum Gasteiger partial charge on any atom is 0.129 e. The molecule has 0 radical (unpaired) electrons. The predicted molar refractivity (Wildman–Crippen MR) is 74.0 cm³/mol. The molecule has 0 aliphatic heterocycles. The summed E-state index contributed by atoms with van der Waals surface area (Å²) in [5.41, 5.74) is 2.17. The van der Waals surface area contributed by atoms with E-state index in [1.54, 1.807) is 30.5 Å². The lowest BCUT2D eigenvalue weighted by molar-refractivity contribution is 1.21. The van der Waals surface area contributed by atoms with Crippen LogP contribution >= 0.6 is 34.8 Å². The van der Waals surface area contributed by atoms with Gasteiger partial charge in [-0.3, -0.25) is 0 Å². The second-order valence-corrected chi connectivity index (χ2v) is 4.80. The van der Waals surface area contributed by atoms with Gasteiger partial charge in [0.15, 0.2) is 0 Å². The minimum Gasteiger partial charge on any atom is -0.244 e. The molecular formula is C13H7Cl3N2. The van der Waals surface area contributed by atoms with Crippen LogP contribution in [0, 0.1) is 11.3 Å². The average Bonchev–Trinajstić information content (AvgIpc) is 2.32. The molecule has 0 fully saturated rings. The molecule has 1 heterocycles. The van der Waals surface area contributed by atoms with Crippen molar-refractivity contribution in [3.05, 3.63) is 51.2 Å². The SMILES string of the molecule is N#CCc1cc(Cl)ncc1-c1c(Cl)cccc1Cl. The Morgan fingerprint density at radius 1 is 1.17 bits per heavy atom. The maximum absolute atomic E-state index is 8.84. The summed E-state index contributed by atoms with van der Waals surface area (Å²) < 4.78 is 0. The highest BCUT2D eigenvalue weighted by Crippen LogP contribution is 2.36. The van der Waals surface area contributed by atoms with Crippen LogP contribution in [0.15, 0.2) is 30.5 Å². The minimum atomic E-state index is 0.221. The third-order valence-electron chi connectivity index (χ3n) is 2.46. The Bertz CT molecular complexity index is 612. The van der Waals surface area contributed by atoms with Gasteiger partial charge >= 0.3 is 0 Å². The van der Waals surface area contributed by atoms with Gasteiger partial charge in [-0.15, -0.1) is 0 Å². The molecule has 0 saturated heterocycles. The monoisotopic (exact) mass is 296 g/mol. The Morgan fingerprint density at radius 2 is 1.83 bits per heavy atom. The molecule has 0 spiro atoms. The second kappa shape index (κ2) is 5.58. The van der Waals surface area contributed by atoms with E-state index in [0.717, 1.165) is 11.1 Å². The molecule has 5 heteroatoms. The van der Waals surface area contributed by atoms with E-state index in [2.05, 4.69) is 11.1 Å². The summed E-state index contributed by atoms with van der Waals surface area (Å²) in [5, 5.41) is 10.2. The lowest BCUT2D eigenvalue weighted by atomic mass is 10.0. The summed E-state index contributed by atoms with van der Waals surface area (Å²) in [6.07, 6.45) is 1.81. The smallest absolute Gasteiger partial charge is 0.129 e. The van der Waals surface area contributed by atoms with Crippen molar-refractivity contribution in [3.63, 3.8) is 0 Å². The summed E-state index contributed by atoms with van der Waals surface area (Å²) in [4.78, 5) is 4.02. The van der Waals surface area contributed by atoms with Gasteiger partial charge in [0.2, 0.25) is 0 Å². The zero-order valence-electron chi connectivity index (χ0n) is 9.12. The standard InChI is InChI=1S/C13H7Cl3N2/c14-10-2-1-3-11(15)13(10)9-7-18-12(16)6-8(9)4-5-17/h1-3,6-7H,4H2. The van der Waals surface area contributed by atoms with Crippen molar-refractivity contribution >= 4 is 34.8 Å². The number of hydrogen-bond donors (Lipinski definition) is 0. The van der Waals surface area contributed by atoms with Crippen molar-refractivity contribution in [2.24, 2.45) is 0 Å². The first-order chi connectivity index (χ1) is 8.63. The van der Waals surface area contributed by atoms with Gasteiger partial charge < -0.3 is 0 Å². The molecule has 1 aromatic heterocycles. The molecule has 0 aliphatic carbocycles. The van der Waals surface area contributed by atoms with E-state index in [1.807, 2.05) is 0 Å². The predicted octanol–water partition coefficient (Wildman–Crippen LogP) is 4.77. The summed E-state index contributed by atoms with van der Waals surface area (Å²) >= 11 is 18.1. The molecule has 2 rings (SSSR count). The number of rotatable bonds is 2. The van der Waals surface area contributed by atoms with Gasteiger partial charge in [-0.2, -0.15) is 5.26 Å². The normalized spacial score (nSPS) is 10.1. The van der Waals surface area contributed by atoms with Crippen LogP contribution in [0.2, 0.25) is 15.2 Å². The number of aromatic nitrogens is 1. The molecule has 90 valence electrons. The highest BCUT2D eigenvalue weighted by atomic mass is 35.5. The molecular weight excluding hydrogens is 291 g/mol. The fourth-order valence-corrected chi connectivity index (χ4v) is 2.46. The molecule has 0 atom stereocenters. The van der Waals surface area contributed by atoms with Crippen molar-refractivity contribution in [2.75, 3.05) is 0 Å². The van der Waals surface area contributed by atoms with E-state index in [4.69, 9.17) is 40.1 Å². The van der Waals surface area contributed by atoms with Crippen LogP contribution in [-0.2, 0) is 6.42 Å². The van der Waals surface area contributed by atoms with Gasteiger partial charge in [-0.05, 0) is 23.8 Å². The number of hydrogen-bond acceptors (Lipinski definition) is 2. The van der Waals surface area contributed by atoms with E-state index in [9.17, 15) is 0 Å². The molecule has 18 heavy (non-hydrogen) atoms. The number of pyridine rings is 1. The average molecular weight is 298 g/mol. The molecule has 0 N–H and O–H groups in total.